The standard InChI is InChI=1S/C13H21N5O/c1-10(2)18-8-7-17(9-11(18)12(19)14-3)13-15-5-4-6-16-13/h4-6,10-11H,7-9H2,1-3H3,(H,14,19)/t11-/m1/s1. The number of carbonyl (C=O) groups is 1. The van der Waals surface area contributed by atoms with Gasteiger partial charge >= 0.3 is 0 Å². The fourth-order valence-corrected chi connectivity index (χ4v) is 2.45. The van der Waals surface area contributed by atoms with Crippen LogP contribution in [0.2, 0.25) is 0 Å². The van der Waals surface area contributed by atoms with E-state index in [1.165, 1.54) is 0 Å². The van der Waals surface area contributed by atoms with Crippen molar-refractivity contribution in [3.05, 3.63) is 18.5 Å². The van der Waals surface area contributed by atoms with Crippen LogP contribution in [0.3, 0.4) is 0 Å². The van der Waals surface area contributed by atoms with E-state index >= 15 is 0 Å². The van der Waals surface area contributed by atoms with Crippen LogP contribution in [0.1, 0.15) is 13.8 Å². The molecule has 0 unspecified atom stereocenters. The molecule has 1 aromatic heterocycles. The lowest BCUT2D eigenvalue weighted by atomic mass is 10.1. The summed E-state index contributed by atoms with van der Waals surface area (Å²) in [6, 6.07) is 1.99. The summed E-state index contributed by atoms with van der Waals surface area (Å²) < 4.78 is 0. The smallest absolute Gasteiger partial charge is 0.238 e. The lowest BCUT2D eigenvalue weighted by Crippen LogP contribution is -2.60. The molecule has 1 fully saturated rings. The average Bonchev–Trinajstić information content (AvgIpc) is 2.46. The summed E-state index contributed by atoms with van der Waals surface area (Å²) in [5.74, 6) is 0.745. The van der Waals surface area contributed by atoms with Crippen LogP contribution in [0.15, 0.2) is 18.5 Å². The van der Waals surface area contributed by atoms with Crippen molar-refractivity contribution in [2.75, 3.05) is 31.6 Å². The second kappa shape index (κ2) is 5.97. The lowest BCUT2D eigenvalue weighted by Gasteiger charge is -2.42. The zero-order valence-corrected chi connectivity index (χ0v) is 11.7. The van der Waals surface area contributed by atoms with Crippen LogP contribution in [0, 0.1) is 0 Å². The molecular formula is C13H21N5O. The minimum Gasteiger partial charge on any atom is -0.358 e. The van der Waals surface area contributed by atoms with E-state index in [0.717, 1.165) is 13.1 Å². The first-order chi connectivity index (χ1) is 9.13. The maximum Gasteiger partial charge on any atom is 0.238 e. The van der Waals surface area contributed by atoms with E-state index < -0.39 is 0 Å². The second-order valence-corrected chi connectivity index (χ2v) is 4.96. The van der Waals surface area contributed by atoms with E-state index in [0.29, 0.717) is 18.5 Å². The Morgan fingerprint density at radius 1 is 1.37 bits per heavy atom. The molecule has 1 N–H and O–H groups in total. The zero-order chi connectivity index (χ0) is 13.8. The minimum atomic E-state index is -0.150. The molecule has 2 heterocycles. The third-order valence-electron chi connectivity index (χ3n) is 3.47. The summed E-state index contributed by atoms with van der Waals surface area (Å²) in [6.45, 7) is 6.54. The van der Waals surface area contributed by atoms with Crippen molar-refractivity contribution in [2.24, 2.45) is 0 Å². The predicted octanol–water partition coefficient (Wildman–Crippen LogP) is 0.122. The van der Waals surface area contributed by atoms with Crippen molar-refractivity contribution in [2.45, 2.75) is 25.9 Å². The Hall–Kier alpha value is -1.69. The highest BCUT2D eigenvalue weighted by Gasteiger charge is 2.33. The fraction of sp³-hybridized carbons (Fsp3) is 0.615. The van der Waals surface area contributed by atoms with Crippen LogP contribution in [0.4, 0.5) is 5.95 Å². The predicted molar refractivity (Wildman–Crippen MR) is 73.9 cm³/mol. The number of piperazine rings is 1. The van der Waals surface area contributed by atoms with Gasteiger partial charge < -0.3 is 10.2 Å². The molecule has 1 aliphatic rings. The Balaban J connectivity index is 2.15. The van der Waals surface area contributed by atoms with Gasteiger partial charge in [0.05, 0.1) is 0 Å². The molecule has 6 heteroatoms. The molecule has 0 bridgehead atoms. The number of amides is 1. The van der Waals surface area contributed by atoms with Gasteiger partial charge in [0.1, 0.15) is 6.04 Å². The van der Waals surface area contributed by atoms with Gasteiger partial charge in [-0.25, -0.2) is 9.97 Å². The number of hydrogen-bond acceptors (Lipinski definition) is 5. The van der Waals surface area contributed by atoms with Gasteiger partial charge in [-0.2, -0.15) is 0 Å². The Kier molecular flexibility index (Phi) is 4.31. The van der Waals surface area contributed by atoms with E-state index in [4.69, 9.17) is 0 Å². The van der Waals surface area contributed by atoms with Crippen molar-refractivity contribution in [3.63, 3.8) is 0 Å². The molecule has 1 atom stereocenters. The van der Waals surface area contributed by atoms with Gasteiger partial charge in [0.2, 0.25) is 11.9 Å². The lowest BCUT2D eigenvalue weighted by molar-refractivity contribution is -0.127. The Bertz CT molecular complexity index is 422. The number of rotatable bonds is 3. The average molecular weight is 263 g/mol. The second-order valence-electron chi connectivity index (χ2n) is 4.96. The van der Waals surface area contributed by atoms with Crippen LogP contribution < -0.4 is 10.2 Å². The number of aromatic nitrogens is 2. The number of nitrogens with one attached hydrogen (secondary N) is 1. The van der Waals surface area contributed by atoms with E-state index in [-0.39, 0.29) is 11.9 Å². The molecule has 104 valence electrons. The van der Waals surface area contributed by atoms with Crippen LogP contribution in [0.25, 0.3) is 0 Å². The third-order valence-corrected chi connectivity index (χ3v) is 3.47. The molecule has 0 spiro atoms. The summed E-state index contributed by atoms with van der Waals surface area (Å²) in [4.78, 5) is 24.8. The van der Waals surface area contributed by atoms with Crippen molar-refractivity contribution in [1.82, 2.24) is 20.2 Å². The highest BCUT2D eigenvalue weighted by Crippen LogP contribution is 2.17. The number of hydrogen-bond donors (Lipinski definition) is 1. The number of likely N-dealkylation sites (N-methyl/N-ethyl adjacent to an activating group) is 1. The molecule has 2 rings (SSSR count). The van der Waals surface area contributed by atoms with Gasteiger partial charge in [-0.1, -0.05) is 0 Å². The van der Waals surface area contributed by atoms with E-state index in [2.05, 4.69) is 38.9 Å². The molecule has 0 radical (unpaired) electrons. The molecule has 0 aliphatic carbocycles. The Labute approximate surface area is 113 Å². The minimum absolute atomic E-state index is 0.0503. The number of nitrogens with zero attached hydrogens (tertiary/aromatic N) is 4. The van der Waals surface area contributed by atoms with Gasteiger partial charge in [0.25, 0.3) is 0 Å². The maximum absolute atomic E-state index is 12.0. The first-order valence-corrected chi connectivity index (χ1v) is 6.62. The van der Waals surface area contributed by atoms with Crippen LogP contribution in [0.5, 0.6) is 0 Å². The molecule has 1 amide bonds. The molecule has 0 aromatic carbocycles. The van der Waals surface area contributed by atoms with E-state index in [9.17, 15) is 4.79 Å². The first kappa shape index (κ1) is 13.7. The summed E-state index contributed by atoms with van der Waals surface area (Å²) >= 11 is 0. The largest absolute Gasteiger partial charge is 0.358 e. The van der Waals surface area contributed by atoms with Crippen molar-refractivity contribution in [1.29, 1.82) is 0 Å². The van der Waals surface area contributed by atoms with Crippen LogP contribution in [-0.4, -0.2) is 59.5 Å². The number of anilines is 1. The molecule has 19 heavy (non-hydrogen) atoms. The monoisotopic (exact) mass is 263 g/mol. The molecule has 1 aromatic rings. The number of carbonyl (C=O) groups excluding carboxylic acids is 1. The summed E-state index contributed by atoms with van der Waals surface area (Å²) in [5.41, 5.74) is 0. The van der Waals surface area contributed by atoms with Gasteiger partial charge in [-0.15, -0.1) is 0 Å². The van der Waals surface area contributed by atoms with Crippen LogP contribution in [-0.2, 0) is 4.79 Å². The highest BCUT2D eigenvalue weighted by molar-refractivity contribution is 5.82. The van der Waals surface area contributed by atoms with Crippen molar-refractivity contribution < 1.29 is 4.79 Å². The van der Waals surface area contributed by atoms with Crippen molar-refractivity contribution >= 4 is 11.9 Å². The Morgan fingerprint density at radius 2 is 2.05 bits per heavy atom. The van der Waals surface area contributed by atoms with E-state index in [1.54, 1.807) is 25.5 Å². The van der Waals surface area contributed by atoms with Gasteiger partial charge in [0.15, 0.2) is 0 Å². The topological polar surface area (TPSA) is 61.4 Å². The van der Waals surface area contributed by atoms with Crippen molar-refractivity contribution in [3.8, 4) is 0 Å². The summed E-state index contributed by atoms with van der Waals surface area (Å²) in [5, 5.41) is 2.74. The van der Waals surface area contributed by atoms with Gasteiger partial charge in [-0.3, -0.25) is 9.69 Å². The quantitative estimate of drug-likeness (QED) is 0.839. The highest BCUT2D eigenvalue weighted by atomic mass is 16.2. The van der Waals surface area contributed by atoms with E-state index in [1.807, 2.05) is 0 Å². The molecule has 0 saturated carbocycles. The summed E-state index contributed by atoms with van der Waals surface area (Å²) in [7, 11) is 1.68. The van der Waals surface area contributed by atoms with Gasteiger partial charge in [-0.05, 0) is 19.9 Å². The molecule has 1 saturated heterocycles. The third kappa shape index (κ3) is 3.01. The normalized spacial score (nSPS) is 20.6. The SMILES string of the molecule is CNC(=O)[C@H]1CN(c2ncccn2)CCN1C(C)C. The maximum atomic E-state index is 12.0. The first-order valence-electron chi connectivity index (χ1n) is 6.62. The molecule has 1 aliphatic heterocycles. The zero-order valence-electron chi connectivity index (χ0n) is 11.7. The van der Waals surface area contributed by atoms with Gasteiger partial charge in [0, 0.05) is 45.1 Å². The summed E-state index contributed by atoms with van der Waals surface area (Å²) in [6.07, 6.45) is 3.46. The fourth-order valence-electron chi connectivity index (χ4n) is 2.45. The van der Waals surface area contributed by atoms with Crippen LogP contribution >= 0.6 is 0 Å². The Morgan fingerprint density at radius 3 is 2.63 bits per heavy atom. The molecule has 6 nitrogen and oxygen atoms in total. The molecular weight excluding hydrogens is 242 g/mol.